The number of hydrogen-bond donors (Lipinski definition) is 0. The molecular weight excluding hydrogens is 354 g/mol. The molecule has 0 amide bonds. The average Bonchev–Trinajstić information content (AvgIpc) is 2.91. The predicted octanol–water partition coefficient (Wildman–Crippen LogP) is 1.05. The van der Waals surface area contributed by atoms with Crippen LogP contribution in [0.1, 0.15) is 19.8 Å². The highest BCUT2D eigenvalue weighted by Crippen LogP contribution is 2.34. The molecule has 0 saturated carbocycles. The number of nitrogens with zero attached hydrogens (tertiary/aromatic N) is 1. The van der Waals surface area contributed by atoms with Crippen molar-refractivity contribution in [2.45, 2.75) is 30.7 Å². The van der Waals surface area contributed by atoms with Gasteiger partial charge in [-0.25, -0.2) is 16.8 Å². The van der Waals surface area contributed by atoms with Crippen LogP contribution in [0.25, 0.3) is 0 Å². The molecule has 2 aliphatic heterocycles. The molecule has 0 spiro atoms. The first-order chi connectivity index (χ1) is 11.3. The minimum atomic E-state index is -3.80. The van der Waals surface area contributed by atoms with Crippen molar-refractivity contribution in [1.82, 2.24) is 4.31 Å². The van der Waals surface area contributed by atoms with E-state index in [0.717, 1.165) is 0 Å². The zero-order chi connectivity index (χ0) is 17.4. The Morgan fingerprint density at radius 3 is 2.54 bits per heavy atom. The van der Waals surface area contributed by atoms with Crippen molar-refractivity contribution in [3.8, 4) is 11.5 Å². The van der Waals surface area contributed by atoms with Crippen LogP contribution in [0.4, 0.5) is 0 Å². The van der Waals surface area contributed by atoms with Gasteiger partial charge in [-0.1, -0.05) is 6.92 Å². The normalized spacial score (nSPS) is 22.7. The zero-order valence-corrected chi connectivity index (χ0v) is 15.1. The second-order valence-corrected chi connectivity index (χ2v) is 10.1. The number of hydrogen-bond acceptors (Lipinski definition) is 6. The summed E-state index contributed by atoms with van der Waals surface area (Å²) in [7, 11) is -6.96. The van der Waals surface area contributed by atoms with Crippen molar-refractivity contribution < 1.29 is 26.3 Å². The highest BCUT2D eigenvalue weighted by atomic mass is 32.2. The number of sulfone groups is 1. The van der Waals surface area contributed by atoms with E-state index in [2.05, 4.69) is 0 Å². The molecule has 2 aliphatic rings. The maximum Gasteiger partial charge on any atom is 0.243 e. The zero-order valence-electron chi connectivity index (χ0n) is 13.5. The van der Waals surface area contributed by atoms with Gasteiger partial charge >= 0.3 is 0 Å². The Hall–Kier alpha value is -1.32. The molecule has 0 aromatic heterocycles. The maximum absolute atomic E-state index is 13.0. The molecule has 1 atom stereocenters. The fourth-order valence-electron chi connectivity index (χ4n) is 3.04. The van der Waals surface area contributed by atoms with Gasteiger partial charge in [-0.15, -0.1) is 0 Å². The van der Waals surface area contributed by atoms with E-state index in [9.17, 15) is 16.8 Å². The third-order valence-corrected chi connectivity index (χ3v) is 7.88. The van der Waals surface area contributed by atoms with Gasteiger partial charge in [-0.2, -0.15) is 4.31 Å². The Kier molecular flexibility index (Phi) is 4.76. The van der Waals surface area contributed by atoms with E-state index >= 15 is 0 Å². The molecule has 1 fully saturated rings. The summed E-state index contributed by atoms with van der Waals surface area (Å²) in [6.07, 6.45) is 0.951. The Labute approximate surface area is 142 Å². The Bertz CT molecular complexity index is 818. The second kappa shape index (κ2) is 6.53. The molecule has 0 radical (unpaired) electrons. The molecule has 134 valence electrons. The van der Waals surface area contributed by atoms with E-state index in [1.165, 1.54) is 16.4 Å². The van der Waals surface area contributed by atoms with Crippen LogP contribution in [-0.2, 0) is 19.9 Å². The van der Waals surface area contributed by atoms with E-state index in [-0.39, 0.29) is 22.9 Å². The summed E-state index contributed by atoms with van der Waals surface area (Å²) in [4.78, 5) is 0.101. The number of fused-ring (bicyclic) bond motifs is 1. The summed E-state index contributed by atoms with van der Waals surface area (Å²) in [6, 6.07) is 4.01. The lowest BCUT2D eigenvalue weighted by molar-refractivity contribution is 0.171. The summed E-state index contributed by atoms with van der Waals surface area (Å²) >= 11 is 0. The fourth-order valence-corrected chi connectivity index (χ4v) is 6.63. The van der Waals surface area contributed by atoms with Gasteiger partial charge in [0.25, 0.3) is 0 Å². The van der Waals surface area contributed by atoms with Gasteiger partial charge in [0.1, 0.15) is 13.2 Å². The third kappa shape index (κ3) is 3.38. The molecule has 7 nitrogen and oxygen atoms in total. The molecule has 0 aliphatic carbocycles. The number of benzene rings is 1. The van der Waals surface area contributed by atoms with Gasteiger partial charge in [0.05, 0.1) is 16.4 Å². The van der Waals surface area contributed by atoms with E-state index < -0.39 is 25.9 Å². The van der Waals surface area contributed by atoms with Gasteiger partial charge in [-0.3, -0.25) is 0 Å². The largest absolute Gasteiger partial charge is 0.486 e. The highest BCUT2D eigenvalue weighted by Gasteiger charge is 2.38. The predicted molar refractivity (Wildman–Crippen MR) is 88.7 cm³/mol. The van der Waals surface area contributed by atoms with E-state index in [0.29, 0.717) is 37.6 Å². The fraction of sp³-hybridized carbons (Fsp3) is 0.600. The molecule has 2 heterocycles. The van der Waals surface area contributed by atoms with Crippen LogP contribution in [-0.4, -0.2) is 58.4 Å². The molecule has 1 aromatic rings. The number of ether oxygens (including phenoxy) is 2. The SMILES string of the molecule is CCCN(C1CCS(=O)(=O)C1)S(=O)(=O)c1ccc2c(c1)OCCO2. The monoisotopic (exact) mass is 375 g/mol. The highest BCUT2D eigenvalue weighted by molar-refractivity contribution is 7.92. The first-order valence-corrected chi connectivity index (χ1v) is 11.2. The van der Waals surface area contributed by atoms with Crippen LogP contribution in [0, 0.1) is 0 Å². The van der Waals surface area contributed by atoms with Crippen molar-refractivity contribution in [3.05, 3.63) is 18.2 Å². The van der Waals surface area contributed by atoms with Gasteiger partial charge in [0.15, 0.2) is 21.3 Å². The van der Waals surface area contributed by atoms with E-state index in [1.54, 1.807) is 6.07 Å². The van der Waals surface area contributed by atoms with Crippen molar-refractivity contribution in [3.63, 3.8) is 0 Å². The maximum atomic E-state index is 13.0. The lowest BCUT2D eigenvalue weighted by Crippen LogP contribution is -2.41. The summed E-state index contributed by atoms with van der Waals surface area (Å²) in [6.45, 7) is 2.96. The average molecular weight is 375 g/mol. The Morgan fingerprint density at radius 1 is 1.21 bits per heavy atom. The molecule has 24 heavy (non-hydrogen) atoms. The topological polar surface area (TPSA) is 90.0 Å². The van der Waals surface area contributed by atoms with E-state index in [1.807, 2.05) is 6.92 Å². The molecular formula is C15H21NO6S2. The standard InChI is InChI=1S/C15H21NO6S2/c1-2-6-16(12-5-9-23(17,18)11-12)24(19,20)13-3-4-14-15(10-13)22-8-7-21-14/h3-4,10,12H,2,5-9,11H2,1H3. The van der Waals surface area contributed by atoms with Crippen LogP contribution < -0.4 is 9.47 Å². The molecule has 1 unspecified atom stereocenters. The van der Waals surface area contributed by atoms with Crippen LogP contribution in [0.5, 0.6) is 11.5 Å². The van der Waals surface area contributed by atoms with Crippen LogP contribution >= 0.6 is 0 Å². The first kappa shape index (κ1) is 17.5. The van der Waals surface area contributed by atoms with Crippen LogP contribution in [0.2, 0.25) is 0 Å². The Morgan fingerprint density at radius 2 is 1.92 bits per heavy atom. The second-order valence-electron chi connectivity index (χ2n) is 5.98. The van der Waals surface area contributed by atoms with Crippen molar-refractivity contribution >= 4 is 19.9 Å². The Balaban J connectivity index is 1.94. The summed E-state index contributed by atoms with van der Waals surface area (Å²) in [5.41, 5.74) is 0. The van der Waals surface area contributed by atoms with Crippen LogP contribution in [0.3, 0.4) is 0 Å². The molecule has 3 rings (SSSR count). The lowest BCUT2D eigenvalue weighted by Gasteiger charge is -2.27. The smallest absolute Gasteiger partial charge is 0.243 e. The summed E-state index contributed by atoms with van der Waals surface area (Å²) in [5.74, 6) is 0.842. The van der Waals surface area contributed by atoms with Crippen molar-refractivity contribution in [1.29, 1.82) is 0 Å². The quantitative estimate of drug-likeness (QED) is 0.764. The summed E-state index contributed by atoms with van der Waals surface area (Å²) < 4.78 is 61.8. The number of rotatable bonds is 5. The molecule has 0 bridgehead atoms. The van der Waals surface area contributed by atoms with Gasteiger partial charge in [-0.05, 0) is 25.0 Å². The first-order valence-electron chi connectivity index (χ1n) is 7.95. The van der Waals surface area contributed by atoms with Crippen molar-refractivity contribution in [2.75, 3.05) is 31.3 Å². The number of sulfonamides is 1. The van der Waals surface area contributed by atoms with Crippen LogP contribution in [0.15, 0.2) is 23.1 Å². The summed E-state index contributed by atoms with van der Waals surface area (Å²) in [5, 5.41) is 0. The molecule has 1 aromatic carbocycles. The van der Waals surface area contributed by atoms with Gasteiger partial charge in [0.2, 0.25) is 10.0 Å². The van der Waals surface area contributed by atoms with Gasteiger partial charge < -0.3 is 9.47 Å². The molecule has 1 saturated heterocycles. The third-order valence-electron chi connectivity index (χ3n) is 4.18. The van der Waals surface area contributed by atoms with E-state index in [4.69, 9.17) is 9.47 Å². The molecule has 9 heteroatoms. The lowest BCUT2D eigenvalue weighted by atomic mass is 10.2. The molecule has 0 N–H and O–H groups in total. The van der Waals surface area contributed by atoms with Gasteiger partial charge in [0, 0.05) is 18.7 Å². The minimum absolute atomic E-state index is 0.0362. The van der Waals surface area contributed by atoms with Crippen molar-refractivity contribution in [2.24, 2.45) is 0 Å². The minimum Gasteiger partial charge on any atom is -0.486 e.